The molecule has 0 saturated carbocycles. The molecule has 0 spiro atoms. The number of nitrogens with zero attached hydrogens (tertiary/aromatic N) is 2. The Labute approximate surface area is 169 Å². The van der Waals surface area contributed by atoms with E-state index in [4.69, 9.17) is 4.74 Å². The molecule has 1 amide bonds. The minimum Gasteiger partial charge on any atom is -0.494 e. The third-order valence-corrected chi connectivity index (χ3v) is 4.13. The van der Waals surface area contributed by atoms with E-state index in [0.717, 1.165) is 19.3 Å². The quantitative estimate of drug-likeness (QED) is 0.209. The molecule has 0 unspecified atom stereocenters. The van der Waals surface area contributed by atoms with Gasteiger partial charge in [0.15, 0.2) is 0 Å². The predicted octanol–water partition coefficient (Wildman–Crippen LogP) is 3.56. The lowest BCUT2D eigenvalue weighted by Gasteiger charge is -2.09. The van der Waals surface area contributed by atoms with Crippen LogP contribution in [0.3, 0.4) is 0 Å². The number of methoxy groups -OCH3 is 1. The van der Waals surface area contributed by atoms with Crippen molar-refractivity contribution in [3.8, 4) is 11.8 Å². The van der Waals surface area contributed by atoms with E-state index < -0.39 is 10.8 Å². The number of non-ortho nitro benzene ring substituents is 1. The smallest absolute Gasteiger partial charge is 0.273 e. The minimum atomic E-state index is -0.628. The van der Waals surface area contributed by atoms with Gasteiger partial charge in [0, 0.05) is 18.8 Å². The number of benzene rings is 2. The van der Waals surface area contributed by atoms with Crippen LogP contribution in [0.1, 0.15) is 18.4 Å². The number of anilines is 1. The van der Waals surface area contributed by atoms with Crippen molar-refractivity contribution in [2.24, 2.45) is 0 Å². The number of hydrogen-bond donors (Lipinski definition) is 2. The van der Waals surface area contributed by atoms with Crippen LogP contribution in [0.25, 0.3) is 0 Å². The molecule has 150 valence electrons. The molecule has 0 atom stereocenters. The zero-order chi connectivity index (χ0) is 21.1. The SMILES string of the molecule is COc1cc([N+](=O)[O-])ccc1NC(=O)/C(C#N)=C\NCCCCc1ccccc1. The second kappa shape index (κ2) is 11.1. The summed E-state index contributed by atoms with van der Waals surface area (Å²) in [6.07, 6.45) is 4.22. The van der Waals surface area contributed by atoms with Crippen LogP contribution < -0.4 is 15.4 Å². The Bertz CT molecular complexity index is 920. The third kappa shape index (κ3) is 6.66. The van der Waals surface area contributed by atoms with Gasteiger partial charge in [0.2, 0.25) is 0 Å². The second-order valence-electron chi connectivity index (χ2n) is 6.16. The molecule has 0 aliphatic carbocycles. The molecule has 0 saturated heterocycles. The van der Waals surface area contributed by atoms with Gasteiger partial charge in [-0.05, 0) is 30.9 Å². The normalized spacial score (nSPS) is 10.7. The lowest BCUT2D eigenvalue weighted by molar-refractivity contribution is -0.384. The molecular weight excluding hydrogens is 372 g/mol. The van der Waals surface area contributed by atoms with Gasteiger partial charge in [-0.15, -0.1) is 0 Å². The number of ether oxygens (including phenoxy) is 1. The monoisotopic (exact) mass is 394 g/mol. The molecule has 8 nitrogen and oxygen atoms in total. The zero-order valence-electron chi connectivity index (χ0n) is 16.1. The molecule has 0 fully saturated rings. The zero-order valence-corrected chi connectivity index (χ0v) is 16.1. The Kier molecular flexibility index (Phi) is 8.20. The Morgan fingerprint density at radius 1 is 1.24 bits per heavy atom. The van der Waals surface area contributed by atoms with Gasteiger partial charge in [-0.25, -0.2) is 0 Å². The summed E-state index contributed by atoms with van der Waals surface area (Å²) in [6, 6.07) is 15.8. The van der Waals surface area contributed by atoms with Gasteiger partial charge in [-0.3, -0.25) is 14.9 Å². The Morgan fingerprint density at radius 3 is 2.66 bits per heavy atom. The molecular formula is C21H22N4O4. The summed E-state index contributed by atoms with van der Waals surface area (Å²) in [6.45, 7) is 0.631. The number of nitrogens with one attached hydrogen (secondary N) is 2. The van der Waals surface area contributed by atoms with E-state index in [-0.39, 0.29) is 22.7 Å². The van der Waals surface area contributed by atoms with E-state index in [1.165, 1.54) is 37.1 Å². The average Bonchev–Trinajstić information content (AvgIpc) is 2.74. The highest BCUT2D eigenvalue weighted by molar-refractivity contribution is 6.07. The summed E-state index contributed by atoms with van der Waals surface area (Å²) in [5, 5.41) is 25.6. The lowest BCUT2D eigenvalue weighted by atomic mass is 10.1. The molecule has 2 aromatic carbocycles. The predicted molar refractivity (Wildman–Crippen MR) is 109 cm³/mol. The summed E-state index contributed by atoms with van der Waals surface area (Å²) in [5.74, 6) is -0.491. The van der Waals surface area contributed by atoms with Crippen molar-refractivity contribution in [2.75, 3.05) is 19.0 Å². The Hall–Kier alpha value is -3.86. The van der Waals surface area contributed by atoms with Gasteiger partial charge >= 0.3 is 0 Å². The molecule has 0 heterocycles. The molecule has 2 rings (SSSR count). The average molecular weight is 394 g/mol. The van der Waals surface area contributed by atoms with Crippen LogP contribution in [0.5, 0.6) is 5.75 Å². The maximum absolute atomic E-state index is 12.3. The van der Waals surface area contributed by atoms with Crippen molar-refractivity contribution in [1.82, 2.24) is 5.32 Å². The molecule has 2 N–H and O–H groups in total. The molecule has 0 aliphatic rings. The number of amides is 1. The first kappa shape index (κ1) is 21.4. The number of aryl methyl sites for hydroxylation is 1. The molecule has 29 heavy (non-hydrogen) atoms. The van der Waals surface area contributed by atoms with Gasteiger partial charge in [0.1, 0.15) is 17.4 Å². The van der Waals surface area contributed by atoms with Crippen molar-refractivity contribution >= 4 is 17.3 Å². The molecule has 8 heteroatoms. The highest BCUT2D eigenvalue weighted by Gasteiger charge is 2.15. The number of unbranched alkanes of at least 4 members (excludes halogenated alkanes) is 1. The topological polar surface area (TPSA) is 117 Å². The van der Waals surface area contributed by atoms with Gasteiger partial charge < -0.3 is 15.4 Å². The Balaban J connectivity index is 1.86. The van der Waals surface area contributed by atoms with Gasteiger partial charge in [0.25, 0.3) is 11.6 Å². The van der Waals surface area contributed by atoms with Crippen molar-refractivity contribution in [3.05, 3.63) is 76.0 Å². The number of carbonyl (C=O) groups excluding carboxylic acids is 1. The summed E-state index contributed by atoms with van der Waals surface area (Å²) in [4.78, 5) is 22.6. The third-order valence-electron chi connectivity index (χ3n) is 4.13. The van der Waals surface area contributed by atoms with E-state index in [2.05, 4.69) is 22.8 Å². The number of rotatable bonds is 10. The van der Waals surface area contributed by atoms with E-state index in [1.54, 1.807) is 0 Å². The summed E-state index contributed by atoms with van der Waals surface area (Å²) in [5.41, 5.74) is 1.26. The number of nitriles is 1. The van der Waals surface area contributed by atoms with Gasteiger partial charge in [-0.1, -0.05) is 30.3 Å². The van der Waals surface area contributed by atoms with E-state index in [9.17, 15) is 20.2 Å². The number of nitro benzene ring substituents is 1. The maximum Gasteiger partial charge on any atom is 0.273 e. The molecule has 0 aromatic heterocycles. The molecule has 0 aliphatic heterocycles. The summed E-state index contributed by atoms with van der Waals surface area (Å²) in [7, 11) is 1.34. The first-order valence-electron chi connectivity index (χ1n) is 9.06. The van der Waals surface area contributed by atoms with Crippen LogP contribution in [0.4, 0.5) is 11.4 Å². The Morgan fingerprint density at radius 2 is 2.00 bits per heavy atom. The van der Waals surface area contributed by atoms with Crippen LogP contribution in [0, 0.1) is 21.4 Å². The molecule has 0 radical (unpaired) electrons. The fourth-order valence-electron chi connectivity index (χ4n) is 2.61. The van der Waals surface area contributed by atoms with Crippen molar-refractivity contribution in [2.45, 2.75) is 19.3 Å². The van der Waals surface area contributed by atoms with Crippen LogP contribution in [0.15, 0.2) is 60.3 Å². The first-order valence-corrected chi connectivity index (χ1v) is 9.06. The maximum atomic E-state index is 12.3. The highest BCUT2D eigenvalue weighted by Crippen LogP contribution is 2.29. The summed E-state index contributed by atoms with van der Waals surface area (Å²) < 4.78 is 5.08. The molecule has 2 aromatic rings. The summed E-state index contributed by atoms with van der Waals surface area (Å²) >= 11 is 0. The molecule has 0 bridgehead atoms. The van der Waals surface area contributed by atoms with E-state index in [0.29, 0.717) is 6.54 Å². The fourth-order valence-corrected chi connectivity index (χ4v) is 2.61. The van der Waals surface area contributed by atoms with Crippen molar-refractivity contribution in [1.29, 1.82) is 5.26 Å². The van der Waals surface area contributed by atoms with Crippen LogP contribution in [-0.2, 0) is 11.2 Å². The van der Waals surface area contributed by atoms with Crippen LogP contribution in [0.2, 0.25) is 0 Å². The number of hydrogen-bond acceptors (Lipinski definition) is 6. The van der Waals surface area contributed by atoms with E-state index in [1.807, 2.05) is 24.3 Å². The largest absolute Gasteiger partial charge is 0.494 e. The van der Waals surface area contributed by atoms with Crippen LogP contribution in [-0.4, -0.2) is 24.5 Å². The van der Waals surface area contributed by atoms with Crippen molar-refractivity contribution < 1.29 is 14.5 Å². The van der Waals surface area contributed by atoms with Crippen molar-refractivity contribution in [3.63, 3.8) is 0 Å². The van der Waals surface area contributed by atoms with Crippen LogP contribution >= 0.6 is 0 Å². The second-order valence-corrected chi connectivity index (χ2v) is 6.16. The number of carbonyl (C=O) groups is 1. The lowest BCUT2D eigenvalue weighted by Crippen LogP contribution is -2.17. The first-order chi connectivity index (χ1) is 14.0. The fraction of sp³-hybridized carbons (Fsp3) is 0.238. The van der Waals surface area contributed by atoms with E-state index >= 15 is 0 Å². The number of nitro groups is 1. The standard InChI is InChI=1S/C21H22N4O4/c1-29-20-13-18(25(27)28)10-11-19(20)24-21(26)17(14-22)15-23-12-6-5-9-16-7-3-2-4-8-16/h2-4,7-8,10-11,13,15,23H,5-6,9,12H2,1H3,(H,24,26)/b17-15-. The van der Waals surface area contributed by atoms with Gasteiger partial charge in [0.05, 0.1) is 23.8 Å². The highest BCUT2D eigenvalue weighted by atomic mass is 16.6. The van der Waals surface area contributed by atoms with Gasteiger partial charge in [-0.2, -0.15) is 5.26 Å². The minimum absolute atomic E-state index is 0.103.